The number of aromatic nitrogens is 2. The third-order valence-electron chi connectivity index (χ3n) is 6.04. The summed E-state index contributed by atoms with van der Waals surface area (Å²) >= 11 is 0. The van der Waals surface area contributed by atoms with Crippen molar-refractivity contribution in [1.82, 2.24) is 20.0 Å². The highest BCUT2D eigenvalue weighted by molar-refractivity contribution is 5.93. The molecule has 2 aliphatic heterocycles. The van der Waals surface area contributed by atoms with Gasteiger partial charge >= 0.3 is 0 Å². The Morgan fingerprint density at radius 1 is 1.12 bits per heavy atom. The van der Waals surface area contributed by atoms with Crippen LogP contribution in [0.4, 0.5) is 0 Å². The van der Waals surface area contributed by atoms with Gasteiger partial charge in [0.15, 0.2) is 0 Å². The fourth-order valence-electron chi connectivity index (χ4n) is 4.45. The Bertz CT molecular complexity index is 782. The predicted octanol–water partition coefficient (Wildman–Crippen LogP) is 2.87. The van der Waals surface area contributed by atoms with Crippen molar-refractivity contribution in [3.8, 4) is 0 Å². The average molecular weight is 350 g/mol. The van der Waals surface area contributed by atoms with Crippen LogP contribution in [0.3, 0.4) is 0 Å². The van der Waals surface area contributed by atoms with Crippen LogP contribution < -0.4 is 0 Å². The second-order valence-corrected chi connectivity index (χ2v) is 7.86. The maximum atomic E-state index is 12.7. The first kappa shape index (κ1) is 17.2. The summed E-state index contributed by atoms with van der Waals surface area (Å²) in [5.41, 5.74) is 3.73. The van der Waals surface area contributed by atoms with Gasteiger partial charge in [0.1, 0.15) is 0 Å². The van der Waals surface area contributed by atoms with Crippen molar-refractivity contribution in [3.05, 3.63) is 59.4 Å². The lowest BCUT2D eigenvalue weighted by atomic mass is 9.68. The van der Waals surface area contributed by atoms with Crippen LogP contribution >= 0.6 is 0 Å². The summed E-state index contributed by atoms with van der Waals surface area (Å²) in [6.07, 6.45) is 5.16. The molecule has 5 nitrogen and oxygen atoms in total. The molecule has 2 aliphatic rings. The topological polar surface area (TPSA) is 49.3 Å². The Balaban J connectivity index is 1.56. The first-order valence-corrected chi connectivity index (χ1v) is 9.47. The number of hydrogen-bond acceptors (Lipinski definition) is 4. The third-order valence-corrected chi connectivity index (χ3v) is 6.04. The number of carbonyl (C=O) groups is 1. The predicted molar refractivity (Wildman–Crippen MR) is 101 cm³/mol. The SMILES string of the molecule is CC(C)N1Cc2ccccc2C2(CCN(C(=O)c3ccnnc3)CC2)C1. The number of fused-ring (bicyclic) bond motifs is 2. The summed E-state index contributed by atoms with van der Waals surface area (Å²) in [4.78, 5) is 17.3. The van der Waals surface area contributed by atoms with Crippen molar-refractivity contribution >= 4 is 5.91 Å². The molecule has 0 saturated carbocycles. The average Bonchev–Trinajstić information content (AvgIpc) is 2.69. The molecule has 1 fully saturated rings. The molecular weight excluding hydrogens is 324 g/mol. The molecular formula is C21H26N4O. The number of rotatable bonds is 2. The Hall–Kier alpha value is -2.27. The smallest absolute Gasteiger partial charge is 0.255 e. The van der Waals surface area contributed by atoms with E-state index in [-0.39, 0.29) is 11.3 Å². The fraction of sp³-hybridized carbons (Fsp3) is 0.476. The molecule has 1 aromatic heterocycles. The Kier molecular flexibility index (Phi) is 4.49. The van der Waals surface area contributed by atoms with Crippen molar-refractivity contribution < 1.29 is 4.79 Å². The highest BCUT2D eigenvalue weighted by Gasteiger charge is 2.43. The van der Waals surface area contributed by atoms with Gasteiger partial charge in [-0.05, 0) is 43.9 Å². The van der Waals surface area contributed by atoms with Crippen LogP contribution in [0.2, 0.25) is 0 Å². The minimum Gasteiger partial charge on any atom is -0.339 e. The monoisotopic (exact) mass is 350 g/mol. The molecule has 0 atom stereocenters. The molecule has 0 unspecified atom stereocenters. The van der Waals surface area contributed by atoms with Crippen LogP contribution in [0, 0.1) is 0 Å². The summed E-state index contributed by atoms with van der Waals surface area (Å²) in [7, 11) is 0. The van der Waals surface area contributed by atoms with E-state index in [0.717, 1.165) is 39.0 Å². The molecule has 1 saturated heterocycles. The molecule has 0 bridgehead atoms. The molecule has 4 rings (SSSR count). The summed E-state index contributed by atoms with van der Waals surface area (Å²) in [5, 5.41) is 7.60. The van der Waals surface area contributed by atoms with Gasteiger partial charge in [0.25, 0.3) is 5.91 Å². The molecule has 1 spiro atoms. The summed E-state index contributed by atoms with van der Waals surface area (Å²) < 4.78 is 0. The van der Waals surface area contributed by atoms with E-state index >= 15 is 0 Å². The zero-order valence-corrected chi connectivity index (χ0v) is 15.6. The second kappa shape index (κ2) is 6.80. The molecule has 0 aliphatic carbocycles. The van der Waals surface area contributed by atoms with E-state index in [1.165, 1.54) is 11.1 Å². The third kappa shape index (κ3) is 3.01. The number of amides is 1. The van der Waals surface area contributed by atoms with E-state index < -0.39 is 0 Å². The normalized spacial score (nSPS) is 19.6. The van der Waals surface area contributed by atoms with Crippen LogP contribution in [-0.2, 0) is 12.0 Å². The number of piperidine rings is 1. The first-order valence-electron chi connectivity index (χ1n) is 9.47. The van der Waals surface area contributed by atoms with E-state index in [1.807, 2.05) is 4.90 Å². The highest BCUT2D eigenvalue weighted by Crippen LogP contribution is 2.42. The van der Waals surface area contributed by atoms with Gasteiger partial charge < -0.3 is 4.90 Å². The first-order chi connectivity index (χ1) is 12.6. The standard InChI is InChI=1S/C21H26N4O/c1-16(2)25-14-18-5-3-4-6-19(18)21(15-25)8-11-24(12-9-21)20(26)17-7-10-22-23-13-17/h3-7,10,13,16H,8-9,11-12,14-15H2,1-2H3. The van der Waals surface area contributed by atoms with Crippen molar-refractivity contribution in [2.45, 2.75) is 44.7 Å². The van der Waals surface area contributed by atoms with Gasteiger partial charge in [-0.15, -0.1) is 0 Å². The van der Waals surface area contributed by atoms with E-state index in [2.05, 4.69) is 53.2 Å². The van der Waals surface area contributed by atoms with Crippen LogP contribution in [-0.4, -0.2) is 51.6 Å². The molecule has 3 heterocycles. The lowest BCUT2D eigenvalue weighted by molar-refractivity contribution is 0.0556. The lowest BCUT2D eigenvalue weighted by Gasteiger charge is -2.49. The zero-order chi connectivity index (χ0) is 18.1. The molecule has 136 valence electrons. The Morgan fingerprint density at radius 2 is 1.88 bits per heavy atom. The van der Waals surface area contributed by atoms with Crippen LogP contribution in [0.1, 0.15) is 48.2 Å². The van der Waals surface area contributed by atoms with E-state index in [9.17, 15) is 4.79 Å². The molecule has 1 aromatic carbocycles. The van der Waals surface area contributed by atoms with Gasteiger partial charge in [0.05, 0.1) is 18.0 Å². The van der Waals surface area contributed by atoms with E-state index in [0.29, 0.717) is 11.6 Å². The minimum atomic E-state index is 0.0690. The Labute approximate surface area is 155 Å². The number of benzene rings is 1. The van der Waals surface area contributed by atoms with Gasteiger partial charge in [-0.3, -0.25) is 9.69 Å². The van der Waals surface area contributed by atoms with Crippen LogP contribution in [0.5, 0.6) is 0 Å². The zero-order valence-electron chi connectivity index (χ0n) is 15.6. The largest absolute Gasteiger partial charge is 0.339 e. The quantitative estimate of drug-likeness (QED) is 0.836. The number of nitrogens with zero attached hydrogens (tertiary/aromatic N) is 4. The summed E-state index contributed by atoms with van der Waals surface area (Å²) in [6, 6.07) is 11.2. The minimum absolute atomic E-state index is 0.0690. The van der Waals surface area contributed by atoms with Gasteiger partial charge in [0.2, 0.25) is 0 Å². The molecule has 0 N–H and O–H groups in total. The van der Waals surface area contributed by atoms with Crippen molar-refractivity contribution in [2.24, 2.45) is 0 Å². The highest BCUT2D eigenvalue weighted by atomic mass is 16.2. The van der Waals surface area contributed by atoms with Gasteiger partial charge in [-0.2, -0.15) is 10.2 Å². The molecule has 0 radical (unpaired) electrons. The lowest BCUT2D eigenvalue weighted by Crippen LogP contribution is -2.54. The van der Waals surface area contributed by atoms with Crippen molar-refractivity contribution in [1.29, 1.82) is 0 Å². The van der Waals surface area contributed by atoms with Gasteiger partial charge in [-0.25, -0.2) is 0 Å². The van der Waals surface area contributed by atoms with E-state index in [1.54, 1.807) is 18.5 Å². The number of hydrogen-bond donors (Lipinski definition) is 0. The van der Waals surface area contributed by atoms with Crippen molar-refractivity contribution in [2.75, 3.05) is 19.6 Å². The molecule has 5 heteroatoms. The van der Waals surface area contributed by atoms with Crippen LogP contribution in [0.15, 0.2) is 42.7 Å². The van der Waals surface area contributed by atoms with Crippen molar-refractivity contribution in [3.63, 3.8) is 0 Å². The summed E-state index contributed by atoms with van der Waals surface area (Å²) in [5.74, 6) is 0.0690. The molecule has 1 amide bonds. The summed E-state index contributed by atoms with van der Waals surface area (Å²) in [6.45, 7) is 8.25. The Morgan fingerprint density at radius 3 is 2.58 bits per heavy atom. The van der Waals surface area contributed by atoms with E-state index in [4.69, 9.17) is 0 Å². The van der Waals surface area contributed by atoms with Crippen LogP contribution in [0.25, 0.3) is 0 Å². The maximum absolute atomic E-state index is 12.7. The maximum Gasteiger partial charge on any atom is 0.255 e. The molecule has 2 aromatic rings. The number of likely N-dealkylation sites (tertiary alicyclic amines) is 1. The van der Waals surface area contributed by atoms with Gasteiger partial charge in [0, 0.05) is 37.6 Å². The second-order valence-electron chi connectivity index (χ2n) is 7.86. The number of carbonyl (C=O) groups excluding carboxylic acids is 1. The molecule has 26 heavy (non-hydrogen) atoms. The fourth-order valence-corrected chi connectivity index (χ4v) is 4.45. The van der Waals surface area contributed by atoms with Gasteiger partial charge in [-0.1, -0.05) is 24.3 Å².